The predicted octanol–water partition coefficient (Wildman–Crippen LogP) is 3.70. The Morgan fingerprint density at radius 3 is 1.83 bits per heavy atom. The van der Waals surface area contributed by atoms with Crippen molar-refractivity contribution in [2.24, 2.45) is 0 Å². The van der Waals surface area contributed by atoms with Crippen LogP contribution in [-0.2, 0) is 24.8 Å². The Morgan fingerprint density at radius 1 is 0.771 bits per heavy atom. The summed E-state index contributed by atoms with van der Waals surface area (Å²) in [4.78, 5) is 13.4. The Morgan fingerprint density at radius 2 is 1.29 bits per heavy atom. The quantitative estimate of drug-likeness (QED) is 0.501. The van der Waals surface area contributed by atoms with Gasteiger partial charge in [-0.1, -0.05) is 59.6 Å². The van der Waals surface area contributed by atoms with Crippen molar-refractivity contribution in [3.05, 3.63) is 88.9 Å². The third kappa shape index (κ3) is 5.53. The van der Waals surface area contributed by atoms with Crippen LogP contribution in [0.2, 0.25) is 10.0 Å². The van der Waals surface area contributed by atoms with Crippen molar-refractivity contribution in [2.45, 2.75) is 15.8 Å². The highest BCUT2D eigenvalue weighted by Crippen LogP contribution is 2.27. The lowest BCUT2D eigenvalue weighted by atomic mass is 10.2. The maximum atomic E-state index is 13.4. The van der Waals surface area contributed by atoms with Crippen LogP contribution in [0.5, 0.6) is 0 Å². The molecule has 1 atom stereocenters. The normalized spacial score (nSPS) is 17.7. The standard InChI is InChI=1S/C23H21Cl2N3O5S2/c24-17-13-18(25)15-19(14-17)26-23(29)22-16-27(34(30,31)20-7-3-1-4-8-20)11-12-28(22)35(32,33)21-9-5-2-6-10-21/h1-10,13-15,22H,11-12,16H2,(H,26,29)/t22-/m0/s1. The maximum absolute atomic E-state index is 13.4. The van der Waals surface area contributed by atoms with Crippen molar-refractivity contribution in [1.29, 1.82) is 0 Å². The monoisotopic (exact) mass is 553 g/mol. The molecular formula is C23H21Cl2N3O5S2. The molecule has 4 rings (SSSR count). The molecule has 0 aromatic heterocycles. The number of carbonyl (C=O) groups excluding carboxylic acids is 1. The van der Waals surface area contributed by atoms with Gasteiger partial charge in [0.15, 0.2) is 0 Å². The number of nitrogens with zero attached hydrogens (tertiary/aromatic N) is 2. The van der Waals surface area contributed by atoms with Crippen LogP contribution in [0.3, 0.4) is 0 Å². The fraction of sp³-hybridized carbons (Fsp3) is 0.174. The van der Waals surface area contributed by atoms with E-state index >= 15 is 0 Å². The van der Waals surface area contributed by atoms with Crippen LogP contribution in [0.1, 0.15) is 0 Å². The lowest BCUT2D eigenvalue weighted by Gasteiger charge is -2.38. The molecule has 35 heavy (non-hydrogen) atoms. The van der Waals surface area contributed by atoms with Gasteiger partial charge in [-0.15, -0.1) is 0 Å². The van der Waals surface area contributed by atoms with Gasteiger partial charge in [-0.05, 0) is 42.5 Å². The number of hydrogen-bond acceptors (Lipinski definition) is 5. The van der Waals surface area contributed by atoms with Crippen molar-refractivity contribution >= 4 is 54.8 Å². The van der Waals surface area contributed by atoms with Gasteiger partial charge in [0.05, 0.1) is 9.79 Å². The average Bonchev–Trinajstić information content (AvgIpc) is 2.84. The highest BCUT2D eigenvalue weighted by molar-refractivity contribution is 7.89. The van der Waals surface area contributed by atoms with Gasteiger partial charge < -0.3 is 5.32 Å². The molecule has 0 radical (unpaired) electrons. The van der Waals surface area contributed by atoms with E-state index in [1.807, 2.05) is 0 Å². The summed E-state index contributed by atoms with van der Waals surface area (Å²) in [5.74, 6) is -0.712. The molecule has 0 unspecified atom stereocenters. The molecule has 1 saturated heterocycles. The molecule has 1 aliphatic rings. The van der Waals surface area contributed by atoms with Crippen molar-refractivity contribution in [2.75, 3.05) is 25.0 Å². The Balaban J connectivity index is 1.70. The van der Waals surface area contributed by atoms with Crippen molar-refractivity contribution in [3.8, 4) is 0 Å². The van der Waals surface area contributed by atoms with Gasteiger partial charge in [-0.3, -0.25) is 4.79 Å². The van der Waals surface area contributed by atoms with Gasteiger partial charge in [-0.2, -0.15) is 8.61 Å². The van der Waals surface area contributed by atoms with E-state index in [2.05, 4.69) is 5.32 Å². The largest absolute Gasteiger partial charge is 0.325 e. The van der Waals surface area contributed by atoms with Gasteiger partial charge in [0.1, 0.15) is 6.04 Å². The molecule has 0 aliphatic carbocycles. The topological polar surface area (TPSA) is 104 Å². The zero-order valence-corrected chi connectivity index (χ0v) is 21.4. The summed E-state index contributed by atoms with van der Waals surface area (Å²) >= 11 is 12.0. The fourth-order valence-electron chi connectivity index (χ4n) is 3.78. The van der Waals surface area contributed by atoms with E-state index in [1.54, 1.807) is 36.4 Å². The molecule has 0 spiro atoms. The van der Waals surface area contributed by atoms with Crippen molar-refractivity contribution in [1.82, 2.24) is 8.61 Å². The summed E-state index contributed by atoms with van der Waals surface area (Å²) in [5, 5.41) is 3.18. The Bertz CT molecular complexity index is 1420. The smallest absolute Gasteiger partial charge is 0.244 e. The fourth-order valence-corrected chi connectivity index (χ4v) is 7.36. The number of piperazine rings is 1. The minimum absolute atomic E-state index is 0.00275. The first-order chi connectivity index (χ1) is 16.6. The number of amides is 1. The van der Waals surface area contributed by atoms with Crippen LogP contribution in [-0.4, -0.2) is 57.0 Å². The number of halogens is 2. The highest BCUT2D eigenvalue weighted by Gasteiger charge is 2.43. The SMILES string of the molecule is O=C(Nc1cc(Cl)cc(Cl)c1)[C@@H]1CN(S(=O)(=O)c2ccccc2)CCN1S(=O)(=O)c1ccccc1. The number of rotatable bonds is 6. The number of benzene rings is 3. The molecule has 0 saturated carbocycles. The summed E-state index contributed by atoms with van der Waals surface area (Å²) in [6, 6.07) is 18.5. The second kappa shape index (κ2) is 10.3. The van der Waals surface area contributed by atoms with E-state index in [0.717, 1.165) is 8.61 Å². The lowest BCUT2D eigenvalue weighted by molar-refractivity contribution is -0.120. The summed E-state index contributed by atoms with van der Waals surface area (Å²) in [6.07, 6.45) is 0. The lowest BCUT2D eigenvalue weighted by Crippen LogP contribution is -2.60. The van der Waals surface area contributed by atoms with E-state index in [4.69, 9.17) is 23.2 Å². The second-order valence-corrected chi connectivity index (χ2v) is 12.5. The van der Waals surface area contributed by atoms with Crippen LogP contribution in [0.25, 0.3) is 0 Å². The van der Waals surface area contributed by atoms with E-state index < -0.39 is 32.0 Å². The predicted molar refractivity (Wildman–Crippen MR) is 134 cm³/mol. The summed E-state index contributed by atoms with van der Waals surface area (Å²) in [7, 11) is -8.06. The highest BCUT2D eigenvalue weighted by atomic mass is 35.5. The average molecular weight is 554 g/mol. The molecule has 1 amide bonds. The molecule has 3 aromatic carbocycles. The maximum Gasteiger partial charge on any atom is 0.244 e. The molecular weight excluding hydrogens is 533 g/mol. The number of hydrogen-bond donors (Lipinski definition) is 1. The van der Waals surface area contributed by atoms with E-state index in [1.165, 1.54) is 42.5 Å². The molecule has 1 aliphatic heterocycles. The number of sulfonamides is 2. The number of carbonyl (C=O) groups is 1. The molecule has 184 valence electrons. The Kier molecular flexibility index (Phi) is 7.51. The van der Waals surface area contributed by atoms with Gasteiger partial charge in [0, 0.05) is 35.4 Å². The first kappa shape index (κ1) is 25.6. The van der Waals surface area contributed by atoms with Crippen molar-refractivity contribution < 1.29 is 21.6 Å². The van der Waals surface area contributed by atoms with Crippen LogP contribution in [0.15, 0.2) is 88.7 Å². The summed E-state index contributed by atoms with van der Waals surface area (Å²) in [5.41, 5.74) is 0.257. The summed E-state index contributed by atoms with van der Waals surface area (Å²) in [6.45, 7) is -0.697. The molecule has 1 N–H and O–H groups in total. The summed E-state index contributed by atoms with van der Waals surface area (Å²) < 4.78 is 55.4. The molecule has 1 fully saturated rings. The first-order valence-corrected chi connectivity index (χ1v) is 14.1. The molecule has 8 nitrogen and oxygen atoms in total. The van der Waals surface area contributed by atoms with Crippen LogP contribution in [0, 0.1) is 0 Å². The van der Waals surface area contributed by atoms with Gasteiger partial charge in [-0.25, -0.2) is 16.8 Å². The Hall–Kier alpha value is -2.47. The minimum Gasteiger partial charge on any atom is -0.325 e. The van der Waals surface area contributed by atoms with Crippen LogP contribution < -0.4 is 5.32 Å². The number of anilines is 1. The van der Waals surface area contributed by atoms with E-state index in [9.17, 15) is 21.6 Å². The van der Waals surface area contributed by atoms with Gasteiger partial charge in [0.2, 0.25) is 26.0 Å². The zero-order valence-electron chi connectivity index (χ0n) is 18.2. The molecule has 3 aromatic rings. The number of nitrogens with one attached hydrogen (secondary N) is 1. The molecule has 12 heteroatoms. The van der Waals surface area contributed by atoms with E-state index in [-0.39, 0.29) is 45.2 Å². The first-order valence-electron chi connectivity index (χ1n) is 10.5. The van der Waals surface area contributed by atoms with Crippen LogP contribution in [0.4, 0.5) is 5.69 Å². The van der Waals surface area contributed by atoms with Crippen molar-refractivity contribution in [3.63, 3.8) is 0 Å². The second-order valence-electron chi connectivity index (χ2n) is 7.77. The van der Waals surface area contributed by atoms with E-state index in [0.29, 0.717) is 0 Å². The van der Waals surface area contributed by atoms with Gasteiger partial charge >= 0.3 is 0 Å². The molecule has 0 bridgehead atoms. The third-order valence-electron chi connectivity index (χ3n) is 5.46. The third-order valence-corrected chi connectivity index (χ3v) is 9.70. The molecule has 1 heterocycles. The Labute approximate surface area is 214 Å². The zero-order chi connectivity index (χ0) is 25.2. The minimum atomic E-state index is -4.10. The van der Waals surface area contributed by atoms with Gasteiger partial charge in [0.25, 0.3) is 0 Å². The van der Waals surface area contributed by atoms with Crippen LogP contribution >= 0.6 is 23.2 Å².